The molecule has 1 aromatic rings. The minimum absolute atomic E-state index is 0.0636. The molecule has 1 saturated heterocycles. The topological polar surface area (TPSA) is 136 Å². The molecule has 1 amide bonds. The van der Waals surface area contributed by atoms with E-state index < -0.39 is 14.9 Å². The molecule has 1 heterocycles. The van der Waals surface area contributed by atoms with Crippen molar-refractivity contribution in [2.45, 2.75) is 37.6 Å². The summed E-state index contributed by atoms with van der Waals surface area (Å²) in [5.41, 5.74) is 5.68. The molecule has 1 aliphatic heterocycles. The van der Waals surface area contributed by atoms with E-state index in [4.69, 9.17) is 5.73 Å². The van der Waals surface area contributed by atoms with E-state index in [2.05, 4.69) is 5.32 Å². The third-order valence-electron chi connectivity index (χ3n) is 4.57. The second-order valence-corrected chi connectivity index (χ2v) is 8.44. The van der Waals surface area contributed by atoms with Crippen LogP contribution >= 0.6 is 0 Å². The van der Waals surface area contributed by atoms with Crippen molar-refractivity contribution in [2.24, 2.45) is 11.7 Å². The fraction of sp³-hybridized carbons (Fsp3) is 0.562. The van der Waals surface area contributed by atoms with Crippen molar-refractivity contribution >= 4 is 21.6 Å². The number of nitro benzene ring substituents is 1. The molecule has 3 N–H and O–H groups in total. The Kier molecular flexibility index (Phi) is 6.32. The maximum Gasteiger partial charge on any atom is 0.270 e. The smallest absolute Gasteiger partial charge is 0.270 e. The summed E-state index contributed by atoms with van der Waals surface area (Å²) in [6.45, 7) is 4.14. The van der Waals surface area contributed by atoms with Crippen molar-refractivity contribution in [3.05, 3.63) is 33.9 Å². The molecular weight excluding hydrogens is 360 g/mol. The number of amides is 1. The van der Waals surface area contributed by atoms with Gasteiger partial charge in [0.05, 0.1) is 9.82 Å². The summed E-state index contributed by atoms with van der Waals surface area (Å²) in [4.78, 5) is 22.4. The van der Waals surface area contributed by atoms with Gasteiger partial charge in [-0.2, -0.15) is 4.31 Å². The number of nitro groups is 1. The maximum atomic E-state index is 12.9. The molecule has 9 nitrogen and oxygen atoms in total. The largest absolute Gasteiger partial charge is 0.352 e. The Morgan fingerprint density at radius 2 is 2.04 bits per heavy atom. The van der Waals surface area contributed by atoms with Crippen molar-refractivity contribution in [3.63, 3.8) is 0 Å². The van der Waals surface area contributed by atoms with E-state index in [9.17, 15) is 23.3 Å². The highest BCUT2D eigenvalue weighted by Gasteiger charge is 2.33. The van der Waals surface area contributed by atoms with Gasteiger partial charge in [-0.25, -0.2) is 8.42 Å². The molecule has 2 rings (SSSR count). The number of nitrogens with two attached hydrogens (primary N) is 1. The predicted molar refractivity (Wildman–Crippen MR) is 96.0 cm³/mol. The van der Waals surface area contributed by atoms with Gasteiger partial charge in [-0.3, -0.25) is 14.9 Å². The van der Waals surface area contributed by atoms with Gasteiger partial charge in [-0.15, -0.1) is 0 Å². The second kappa shape index (κ2) is 8.11. The number of nitrogens with one attached hydrogen (secondary N) is 1. The van der Waals surface area contributed by atoms with Crippen LogP contribution in [0, 0.1) is 23.0 Å². The number of nitrogens with zero attached hydrogens (tertiary/aromatic N) is 2. The number of piperidine rings is 1. The van der Waals surface area contributed by atoms with Crippen LogP contribution < -0.4 is 11.1 Å². The third kappa shape index (κ3) is 4.37. The minimum atomic E-state index is -3.85. The Morgan fingerprint density at radius 1 is 1.42 bits per heavy atom. The summed E-state index contributed by atoms with van der Waals surface area (Å²) in [6, 6.07) is 3.67. The molecule has 1 atom stereocenters. The second-order valence-electron chi connectivity index (χ2n) is 6.53. The van der Waals surface area contributed by atoms with Gasteiger partial charge >= 0.3 is 0 Å². The Hall–Kier alpha value is -2.04. The van der Waals surface area contributed by atoms with Crippen LogP contribution in [0.2, 0.25) is 0 Å². The first-order valence-corrected chi connectivity index (χ1v) is 9.86. The molecule has 0 spiro atoms. The van der Waals surface area contributed by atoms with Gasteiger partial charge in [-0.1, -0.05) is 6.07 Å². The Labute approximate surface area is 152 Å². The number of aryl methyl sites for hydroxylation is 1. The van der Waals surface area contributed by atoms with E-state index in [1.165, 1.54) is 16.4 Å². The molecule has 0 saturated carbocycles. The fourth-order valence-electron chi connectivity index (χ4n) is 2.90. The van der Waals surface area contributed by atoms with Crippen LogP contribution in [0.5, 0.6) is 0 Å². The van der Waals surface area contributed by atoms with Gasteiger partial charge in [0, 0.05) is 43.7 Å². The number of non-ortho nitro benzene ring substituents is 1. The standard InChI is InChI=1S/C16H24N4O5S/c1-11-3-4-14(20(22)23)9-15(11)26(24,25)19-7-5-13(6-8-19)16(21)18-12(2)10-17/h3-4,9,12-13H,5-8,10,17H2,1-2H3,(H,18,21)/t12-/m0/s1. The highest BCUT2D eigenvalue weighted by Crippen LogP contribution is 2.28. The van der Waals surface area contributed by atoms with Gasteiger partial charge in [0.2, 0.25) is 15.9 Å². The van der Waals surface area contributed by atoms with E-state index in [1.807, 2.05) is 6.92 Å². The number of rotatable bonds is 6. The van der Waals surface area contributed by atoms with Crippen molar-refractivity contribution < 1.29 is 18.1 Å². The van der Waals surface area contributed by atoms with E-state index in [0.717, 1.165) is 6.07 Å². The monoisotopic (exact) mass is 384 g/mol. The lowest BCUT2D eigenvalue weighted by Gasteiger charge is -2.31. The number of carbonyl (C=O) groups excluding carboxylic acids is 1. The van der Waals surface area contributed by atoms with Crippen molar-refractivity contribution in [1.29, 1.82) is 0 Å². The average Bonchev–Trinajstić information content (AvgIpc) is 2.61. The first-order valence-electron chi connectivity index (χ1n) is 8.42. The minimum Gasteiger partial charge on any atom is -0.352 e. The van der Waals surface area contributed by atoms with Gasteiger partial charge in [0.25, 0.3) is 5.69 Å². The zero-order valence-electron chi connectivity index (χ0n) is 14.8. The van der Waals surface area contributed by atoms with E-state index in [1.54, 1.807) is 6.92 Å². The molecule has 144 valence electrons. The molecule has 0 bridgehead atoms. The molecule has 0 radical (unpaired) electrons. The molecule has 1 aromatic carbocycles. The van der Waals surface area contributed by atoms with Crippen LogP contribution in [0.4, 0.5) is 5.69 Å². The first kappa shape index (κ1) is 20.3. The van der Waals surface area contributed by atoms with Crippen LogP contribution in [0.1, 0.15) is 25.3 Å². The van der Waals surface area contributed by atoms with Gasteiger partial charge < -0.3 is 11.1 Å². The van der Waals surface area contributed by atoms with Crippen LogP contribution in [0.3, 0.4) is 0 Å². The molecular formula is C16H24N4O5S. The normalized spacial score (nSPS) is 17.7. The highest BCUT2D eigenvalue weighted by atomic mass is 32.2. The van der Waals surface area contributed by atoms with Gasteiger partial charge in [-0.05, 0) is 32.3 Å². The summed E-state index contributed by atoms with van der Waals surface area (Å²) in [5, 5.41) is 13.7. The number of hydrogen-bond acceptors (Lipinski definition) is 6. The van der Waals surface area contributed by atoms with Crippen molar-refractivity contribution in [1.82, 2.24) is 9.62 Å². The van der Waals surface area contributed by atoms with E-state index in [0.29, 0.717) is 24.9 Å². The number of carbonyl (C=O) groups is 1. The SMILES string of the molecule is Cc1ccc([N+](=O)[O-])cc1S(=O)(=O)N1CCC(C(=O)N[C@@H](C)CN)CC1. The van der Waals surface area contributed by atoms with Crippen molar-refractivity contribution in [2.75, 3.05) is 19.6 Å². The summed E-state index contributed by atoms with van der Waals surface area (Å²) >= 11 is 0. The average molecular weight is 384 g/mol. The lowest BCUT2D eigenvalue weighted by atomic mass is 9.97. The Morgan fingerprint density at radius 3 is 2.58 bits per heavy atom. The lowest BCUT2D eigenvalue weighted by Crippen LogP contribution is -2.46. The van der Waals surface area contributed by atoms with Crippen LogP contribution in [0.25, 0.3) is 0 Å². The van der Waals surface area contributed by atoms with Gasteiger partial charge in [0.1, 0.15) is 0 Å². The van der Waals surface area contributed by atoms with Crippen LogP contribution in [-0.2, 0) is 14.8 Å². The molecule has 0 aromatic heterocycles. The van der Waals surface area contributed by atoms with Crippen molar-refractivity contribution in [3.8, 4) is 0 Å². The third-order valence-corrected chi connectivity index (χ3v) is 6.61. The molecule has 1 fully saturated rings. The first-order chi connectivity index (χ1) is 12.2. The quantitative estimate of drug-likeness (QED) is 0.549. The summed E-state index contributed by atoms with van der Waals surface area (Å²) in [6.07, 6.45) is 0.798. The Balaban J connectivity index is 2.12. The molecule has 0 unspecified atom stereocenters. The Bertz CT molecular complexity index is 788. The van der Waals surface area contributed by atoms with Gasteiger partial charge in [0.15, 0.2) is 0 Å². The van der Waals surface area contributed by atoms with Crippen LogP contribution in [0.15, 0.2) is 23.1 Å². The lowest BCUT2D eigenvalue weighted by molar-refractivity contribution is -0.385. The number of sulfonamides is 1. The van der Waals surface area contributed by atoms with E-state index >= 15 is 0 Å². The fourth-order valence-corrected chi connectivity index (χ4v) is 4.61. The molecule has 26 heavy (non-hydrogen) atoms. The summed E-state index contributed by atoms with van der Waals surface area (Å²) in [7, 11) is -3.85. The number of benzene rings is 1. The highest BCUT2D eigenvalue weighted by molar-refractivity contribution is 7.89. The zero-order chi connectivity index (χ0) is 19.5. The van der Waals surface area contributed by atoms with Crippen LogP contribution in [-0.4, -0.2) is 49.2 Å². The zero-order valence-corrected chi connectivity index (χ0v) is 15.7. The van der Waals surface area contributed by atoms with E-state index in [-0.39, 0.29) is 41.5 Å². The molecule has 10 heteroatoms. The molecule has 1 aliphatic rings. The summed E-state index contributed by atoms with van der Waals surface area (Å²) in [5.74, 6) is -0.381. The summed E-state index contributed by atoms with van der Waals surface area (Å²) < 4.78 is 27.0. The maximum absolute atomic E-state index is 12.9. The number of hydrogen-bond donors (Lipinski definition) is 2. The predicted octanol–water partition coefficient (Wildman–Crippen LogP) is 0.767. The molecule has 0 aliphatic carbocycles.